The highest BCUT2D eigenvalue weighted by Crippen LogP contribution is 2.52. The van der Waals surface area contributed by atoms with Crippen LogP contribution >= 0.6 is 0 Å². The number of aryl methyl sites for hydroxylation is 2. The van der Waals surface area contributed by atoms with Gasteiger partial charge in [-0.1, -0.05) is 24.3 Å². The summed E-state index contributed by atoms with van der Waals surface area (Å²) in [4.78, 5) is 13.5. The van der Waals surface area contributed by atoms with Crippen LogP contribution in [0.4, 0.5) is 0 Å². The maximum absolute atomic E-state index is 13.5. The van der Waals surface area contributed by atoms with Gasteiger partial charge in [-0.2, -0.15) is 0 Å². The molecule has 0 N–H and O–H groups in total. The highest BCUT2D eigenvalue weighted by atomic mass is 16.5. The van der Waals surface area contributed by atoms with Gasteiger partial charge in [0, 0.05) is 28.8 Å². The van der Waals surface area contributed by atoms with E-state index >= 15 is 0 Å². The summed E-state index contributed by atoms with van der Waals surface area (Å²) < 4.78 is 18.8. The number of benzene rings is 3. The predicted molar refractivity (Wildman–Crippen MR) is 121 cm³/mol. The molecule has 0 aliphatic heterocycles. The second kappa shape index (κ2) is 6.66. The number of nitrogens with zero attached hydrogens (tertiary/aromatic N) is 1. The van der Waals surface area contributed by atoms with Crippen LogP contribution in [0.5, 0.6) is 17.2 Å². The fourth-order valence-electron chi connectivity index (χ4n) is 4.81. The van der Waals surface area contributed by atoms with Gasteiger partial charge in [-0.15, -0.1) is 0 Å². The van der Waals surface area contributed by atoms with Crippen molar-refractivity contribution in [1.29, 1.82) is 0 Å². The normalized spacial score (nSPS) is 13.9. The molecule has 4 aromatic rings. The van der Waals surface area contributed by atoms with E-state index in [1.807, 2.05) is 32.2 Å². The molecule has 5 nitrogen and oxygen atoms in total. The molecule has 0 amide bonds. The largest absolute Gasteiger partial charge is 0.496 e. The minimum Gasteiger partial charge on any atom is -0.496 e. The quantitative estimate of drug-likeness (QED) is 0.447. The van der Waals surface area contributed by atoms with Gasteiger partial charge in [0.05, 0.1) is 32.2 Å². The molecule has 1 aliphatic carbocycles. The lowest BCUT2D eigenvalue weighted by Crippen LogP contribution is -2.18. The Morgan fingerprint density at radius 2 is 1.53 bits per heavy atom. The second-order valence-corrected chi connectivity index (χ2v) is 8.06. The van der Waals surface area contributed by atoms with Crippen molar-refractivity contribution < 1.29 is 14.2 Å². The Kier molecular flexibility index (Phi) is 4.17. The summed E-state index contributed by atoms with van der Waals surface area (Å²) >= 11 is 0. The van der Waals surface area contributed by atoms with Crippen LogP contribution in [0, 0.1) is 6.92 Å². The van der Waals surface area contributed by atoms with Crippen molar-refractivity contribution in [3.8, 4) is 17.2 Å². The molecule has 0 bridgehead atoms. The van der Waals surface area contributed by atoms with Gasteiger partial charge in [-0.3, -0.25) is 4.79 Å². The molecule has 0 unspecified atom stereocenters. The van der Waals surface area contributed by atoms with Crippen LogP contribution in [0.2, 0.25) is 0 Å². The van der Waals surface area contributed by atoms with Gasteiger partial charge >= 0.3 is 0 Å². The average molecular weight is 403 g/mol. The molecule has 3 aromatic carbocycles. The standard InChI is InChI=1S/C25H25NO4/c1-13-6-9-15-17-11-10-16-18(22(17)26(2)25(27)21(15)23(13)29-4)12-19(28-3)24(30-5)20(16)14-7-8-14/h6,9-12,14H,7-8H2,1-5H3. The van der Waals surface area contributed by atoms with Gasteiger partial charge in [0.25, 0.3) is 5.56 Å². The van der Waals surface area contributed by atoms with E-state index in [2.05, 4.69) is 12.1 Å². The molecule has 1 heterocycles. The highest BCUT2D eigenvalue weighted by Gasteiger charge is 2.31. The molecular formula is C25H25NO4. The molecule has 5 rings (SSSR count). The zero-order valence-corrected chi connectivity index (χ0v) is 18.0. The first-order valence-electron chi connectivity index (χ1n) is 10.2. The molecule has 0 atom stereocenters. The Labute approximate surface area is 174 Å². The number of fused-ring (bicyclic) bond motifs is 5. The van der Waals surface area contributed by atoms with E-state index in [-0.39, 0.29) is 5.56 Å². The van der Waals surface area contributed by atoms with E-state index in [4.69, 9.17) is 14.2 Å². The minimum absolute atomic E-state index is 0.0618. The summed E-state index contributed by atoms with van der Waals surface area (Å²) in [6, 6.07) is 10.3. The van der Waals surface area contributed by atoms with Gasteiger partial charge < -0.3 is 18.8 Å². The summed E-state index contributed by atoms with van der Waals surface area (Å²) in [5.74, 6) is 2.61. The Hall–Kier alpha value is -3.21. The number of hydrogen-bond donors (Lipinski definition) is 0. The minimum atomic E-state index is -0.0618. The third-order valence-electron chi connectivity index (χ3n) is 6.36. The average Bonchev–Trinajstić information content (AvgIpc) is 3.60. The van der Waals surface area contributed by atoms with E-state index in [0.717, 1.165) is 51.2 Å². The van der Waals surface area contributed by atoms with Gasteiger partial charge in [0.15, 0.2) is 11.5 Å². The van der Waals surface area contributed by atoms with Gasteiger partial charge in [-0.25, -0.2) is 0 Å². The van der Waals surface area contributed by atoms with Crippen LogP contribution in [-0.2, 0) is 7.05 Å². The van der Waals surface area contributed by atoms with E-state index in [1.54, 1.807) is 25.9 Å². The van der Waals surface area contributed by atoms with Crippen LogP contribution in [0.1, 0.15) is 29.9 Å². The lowest BCUT2D eigenvalue weighted by Gasteiger charge is -2.19. The van der Waals surface area contributed by atoms with Crippen molar-refractivity contribution in [2.24, 2.45) is 7.05 Å². The fraction of sp³-hybridized carbons (Fsp3) is 0.320. The molecule has 1 fully saturated rings. The third-order valence-corrected chi connectivity index (χ3v) is 6.36. The van der Waals surface area contributed by atoms with Crippen molar-refractivity contribution in [3.05, 3.63) is 51.8 Å². The molecule has 1 aromatic heterocycles. The molecule has 0 spiro atoms. The number of ether oxygens (including phenoxy) is 3. The number of methoxy groups -OCH3 is 3. The van der Waals surface area contributed by atoms with E-state index in [0.29, 0.717) is 22.8 Å². The molecule has 0 saturated heterocycles. The van der Waals surface area contributed by atoms with E-state index < -0.39 is 0 Å². The van der Waals surface area contributed by atoms with Crippen molar-refractivity contribution in [2.75, 3.05) is 21.3 Å². The number of rotatable bonds is 4. The summed E-state index contributed by atoms with van der Waals surface area (Å²) in [6.07, 6.45) is 2.29. The van der Waals surface area contributed by atoms with Crippen molar-refractivity contribution >= 4 is 32.4 Å². The zero-order chi connectivity index (χ0) is 21.2. The smallest absolute Gasteiger partial charge is 0.262 e. The van der Waals surface area contributed by atoms with E-state index in [9.17, 15) is 4.79 Å². The molecule has 0 radical (unpaired) electrons. The maximum atomic E-state index is 13.5. The van der Waals surface area contributed by atoms with Crippen LogP contribution < -0.4 is 19.8 Å². The SMILES string of the molecule is COc1cc2c(ccc3c4ccc(C)c(OC)c4c(=O)n(C)c23)c(C2CC2)c1OC. The van der Waals surface area contributed by atoms with Crippen molar-refractivity contribution in [1.82, 2.24) is 4.57 Å². The summed E-state index contributed by atoms with van der Waals surface area (Å²) in [5.41, 5.74) is 2.97. The van der Waals surface area contributed by atoms with Crippen LogP contribution in [-0.4, -0.2) is 25.9 Å². The highest BCUT2D eigenvalue weighted by molar-refractivity contribution is 6.17. The Morgan fingerprint density at radius 1 is 0.867 bits per heavy atom. The van der Waals surface area contributed by atoms with E-state index in [1.165, 1.54) is 5.56 Å². The summed E-state index contributed by atoms with van der Waals surface area (Å²) in [5, 5.41) is 4.67. The second-order valence-electron chi connectivity index (χ2n) is 8.06. The Balaban J connectivity index is 2.03. The van der Waals surface area contributed by atoms with Crippen molar-refractivity contribution in [2.45, 2.75) is 25.7 Å². The summed E-state index contributed by atoms with van der Waals surface area (Å²) in [6.45, 7) is 1.96. The Morgan fingerprint density at radius 3 is 2.17 bits per heavy atom. The predicted octanol–water partition coefficient (Wildman–Crippen LogP) is 5.06. The zero-order valence-electron chi connectivity index (χ0n) is 18.0. The monoisotopic (exact) mass is 403 g/mol. The Bertz CT molecular complexity index is 1400. The van der Waals surface area contributed by atoms with Crippen LogP contribution in [0.15, 0.2) is 35.1 Å². The number of hydrogen-bond acceptors (Lipinski definition) is 4. The molecule has 1 aliphatic rings. The topological polar surface area (TPSA) is 49.7 Å². The summed E-state index contributed by atoms with van der Waals surface area (Å²) in [7, 11) is 6.80. The van der Waals surface area contributed by atoms with Gasteiger partial charge in [-0.05, 0) is 42.7 Å². The van der Waals surface area contributed by atoms with Gasteiger partial charge in [0.2, 0.25) is 0 Å². The maximum Gasteiger partial charge on any atom is 0.262 e. The first kappa shape index (κ1) is 18.8. The lowest BCUT2D eigenvalue weighted by molar-refractivity contribution is 0.353. The first-order valence-corrected chi connectivity index (χ1v) is 10.2. The molecule has 1 saturated carbocycles. The van der Waals surface area contributed by atoms with Gasteiger partial charge in [0.1, 0.15) is 5.75 Å². The first-order chi connectivity index (χ1) is 14.5. The fourth-order valence-corrected chi connectivity index (χ4v) is 4.81. The molecule has 154 valence electrons. The molecule has 30 heavy (non-hydrogen) atoms. The van der Waals surface area contributed by atoms with Crippen LogP contribution in [0.3, 0.4) is 0 Å². The molecular weight excluding hydrogens is 378 g/mol. The van der Waals surface area contributed by atoms with Crippen LogP contribution in [0.25, 0.3) is 32.4 Å². The third kappa shape index (κ3) is 2.44. The lowest BCUT2D eigenvalue weighted by atomic mass is 9.94. The van der Waals surface area contributed by atoms with Crippen molar-refractivity contribution in [3.63, 3.8) is 0 Å². The molecule has 5 heteroatoms. The number of aromatic nitrogens is 1. The number of pyridine rings is 1.